The van der Waals surface area contributed by atoms with Crippen LogP contribution in [0.15, 0.2) is 82.6 Å². The number of benzene rings is 3. The molecule has 0 aromatic heterocycles. The molecular formula is C21H18FN3O4S2. The first kappa shape index (κ1) is 22.5. The summed E-state index contributed by atoms with van der Waals surface area (Å²) in [6, 6.07) is 18.0. The molecule has 0 unspecified atom stereocenters. The SMILES string of the molecule is NS(=O)(=O)c1ccc(NC(=O)CSc2ccc(NC(=O)c3ccccc3F)cc2)cc1. The molecule has 0 aliphatic heterocycles. The third kappa shape index (κ3) is 6.38. The summed E-state index contributed by atoms with van der Waals surface area (Å²) in [6.07, 6.45) is 0. The number of carbonyl (C=O) groups excluding carboxylic acids is 2. The van der Waals surface area contributed by atoms with Crippen molar-refractivity contribution in [3.8, 4) is 0 Å². The Balaban J connectivity index is 1.51. The maximum Gasteiger partial charge on any atom is 0.258 e. The molecule has 2 amide bonds. The van der Waals surface area contributed by atoms with Gasteiger partial charge in [0, 0.05) is 16.3 Å². The van der Waals surface area contributed by atoms with Crippen molar-refractivity contribution in [1.82, 2.24) is 0 Å². The van der Waals surface area contributed by atoms with E-state index in [2.05, 4.69) is 10.6 Å². The predicted molar refractivity (Wildman–Crippen MR) is 118 cm³/mol. The average Bonchev–Trinajstić information content (AvgIpc) is 2.73. The molecule has 4 N–H and O–H groups in total. The van der Waals surface area contributed by atoms with Crippen LogP contribution in [0.25, 0.3) is 0 Å². The van der Waals surface area contributed by atoms with Crippen LogP contribution in [0.5, 0.6) is 0 Å². The maximum absolute atomic E-state index is 13.7. The van der Waals surface area contributed by atoms with Crippen molar-refractivity contribution < 1.29 is 22.4 Å². The van der Waals surface area contributed by atoms with Gasteiger partial charge in [0.2, 0.25) is 15.9 Å². The molecule has 160 valence electrons. The zero-order valence-electron chi connectivity index (χ0n) is 16.0. The first-order valence-electron chi connectivity index (χ1n) is 8.94. The predicted octanol–water partition coefficient (Wildman–Crippen LogP) is 3.46. The van der Waals surface area contributed by atoms with Gasteiger partial charge in [0.25, 0.3) is 5.91 Å². The fourth-order valence-electron chi connectivity index (χ4n) is 2.55. The van der Waals surface area contributed by atoms with Crippen molar-refractivity contribution in [1.29, 1.82) is 0 Å². The summed E-state index contributed by atoms with van der Waals surface area (Å²) in [5.74, 6) is -1.30. The Bertz CT molecular complexity index is 1200. The van der Waals surface area contributed by atoms with E-state index < -0.39 is 21.7 Å². The van der Waals surface area contributed by atoms with E-state index in [9.17, 15) is 22.4 Å². The maximum atomic E-state index is 13.7. The van der Waals surface area contributed by atoms with Gasteiger partial charge in [0.05, 0.1) is 16.2 Å². The van der Waals surface area contributed by atoms with Gasteiger partial charge in [0.1, 0.15) is 5.82 Å². The number of hydrogen-bond donors (Lipinski definition) is 3. The van der Waals surface area contributed by atoms with Gasteiger partial charge < -0.3 is 10.6 Å². The van der Waals surface area contributed by atoms with Crippen LogP contribution in [0, 0.1) is 5.82 Å². The summed E-state index contributed by atoms with van der Waals surface area (Å²) in [7, 11) is -3.79. The third-order valence-electron chi connectivity index (χ3n) is 4.07. The number of amides is 2. The number of anilines is 2. The fourth-order valence-corrected chi connectivity index (χ4v) is 3.77. The molecule has 0 radical (unpaired) electrons. The minimum atomic E-state index is -3.79. The zero-order valence-corrected chi connectivity index (χ0v) is 17.7. The molecule has 0 aliphatic carbocycles. The van der Waals surface area contributed by atoms with Crippen molar-refractivity contribution in [3.05, 3.63) is 84.2 Å². The number of thioether (sulfide) groups is 1. The standard InChI is InChI=1S/C21H18FN3O4S2/c22-19-4-2-1-3-18(19)21(27)25-15-5-9-16(10-6-15)30-13-20(26)24-14-7-11-17(12-8-14)31(23,28)29/h1-12H,13H2,(H,24,26)(H,25,27)(H2,23,28,29). The quantitative estimate of drug-likeness (QED) is 0.468. The topological polar surface area (TPSA) is 118 Å². The molecular weight excluding hydrogens is 441 g/mol. The number of halogens is 1. The second-order valence-corrected chi connectivity index (χ2v) is 8.97. The Labute approximate surface area is 182 Å². The molecule has 0 saturated carbocycles. The van der Waals surface area contributed by atoms with Crippen LogP contribution in [0.2, 0.25) is 0 Å². The van der Waals surface area contributed by atoms with Crippen LogP contribution in [0.1, 0.15) is 10.4 Å². The molecule has 0 bridgehead atoms. The number of rotatable bonds is 7. The van der Waals surface area contributed by atoms with E-state index in [1.807, 2.05) is 0 Å². The number of nitrogens with two attached hydrogens (primary N) is 1. The lowest BCUT2D eigenvalue weighted by Crippen LogP contribution is -2.15. The first-order chi connectivity index (χ1) is 14.7. The molecule has 3 aromatic rings. The lowest BCUT2D eigenvalue weighted by molar-refractivity contribution is -0.113. The summed E-state index contributed by atoms with van der Waals surface area (Å²) >= 11 is 1.28. The first-order valence-corrected chi connectivity index (χ1v) is 11.5. The molecule has 3 rings (SSSR count). The highest BCUT2D eigenvalue weighted by Gasteiger charge is 2.11. The van der Waals surface area contributed by atoms with E-state index in [4.69, 9.17) is 5.14 Å². The molecule has 3 aromatic carbocycles. The highest BCUT2D eigenvalue weighted by atomic mass is 32.2. The molecule has 0 fully saturated rings. The van der Waals surface area contributed by atoms with Crippen LogP contribution in [-0.4, -0.2) is 26.0 Å². The molecule has 0 heterocycles. The summed E-state index contributed by atoms with van der Waals surface area (Å²) in [4.78, 5) is 25.0. The van der Waals surface area contributed by atoms with Gasteiger partial charge in [-0.25, -0.2) is 17.9 Å². The van der Waals surface area contributed by atoms with Crippen molar-refractivity contribution in [2.24, 2.45) is 5.14 Å². The molecule has 0 spiro atoms. The Morgan fingerprint density at radius 2 is 1.45 bits per heavy atom. The summed E-state index contributed by atoms with van der Waals surface area (Å²) in [5.41, 5.74) is 0.899. The van der Waals surface area contributed by atoms with E-state index in [0.29, 0.717) is 11.4 Å². The van der Waals surface area contributed by atoms with Gasteiger partial charge in [-0.1, -0.05) is 12.1 Å². The van der Waals surface area contributed by atoms with Crippen LogP contribution >= 0.6 is 11.8 Å². The van der Waals surface area contributed by atoms with Crippen molar-refractivity contribution in [2.45, 2.75) is 9.79 Å². The summed E-state index contributed by atoms with van der Waals surface area (Å²) < 4.78 is 36.2. The lowest BCUT2D eigenvalue weighted by atomic mass is 10.2. The van der Waals surface area contributed by atoms with E-state index in [1.165, 1.54) is 54.2 Å². The second kappa shape index (κ2) is 9.73. The number of carbonyl (C=O) groups is 2. The van der Waals surface area contributed by atoms with Crippen molar-refractivity contribution in [3.63, 3.8) is 0 Å². The summed E-state index contributed by atoms with van der Waals surface area (Å²) in [6.45, 7) is 0. The van der Waals surface area contributed by atoms with Gasteiger partial charge in [-0.2, -0.15) is 0 Å². The number of sulfonamides is 1. The van der Waals surface area contributed by atoms with Crippen LogP contribution in [-0.2, 0) is 14.8 Å². The minimum absolute atomic E-state index is 0.0398. The lowest BCUT2D eigenvalue weighted by Gasteiger charge is -2.08. The van der Waals surface area contributed by atoms with E-state index >= 15 is 0 Å². The van der Waals surface area contributed by atoms with Gasteiger partial charge in [-0.05, 0) is 60.7 Å². The third-order valence-corrected chi connectivity index (χ3v) is 6.01. The normalized spacial score (nSPS) is 11.0. The van der Waals surface area contributed by atoms with Gasteiger partial charge in [-0.3, -0.25) is 9.59 Å². The molecule has 7 nitrogen and oxygen atoms in total. The Morgan fingerprint density at radius 3 is 2.06 bits per heavy atom. The van der Waals surface area contributed by atoms with Crippen molar-refractivity contribution >= 4 is 45.0 Å². The molecule has 0 saturated heterocycles. The molecule has 31 heavy (non-hydrogen) atoms. The number of hydrogen-bond acceptors (Lipinski definition) is 5. The highest BCUT2D eigenvalue weighted by Crippen LogP contribution is 2.21. The van der Waals surface area contributed by atoms with Crippen LogP contribution < -0.4 is 15.8 Å². The molecule has 0 atom stereocenters. The Hall–Kier alpha value is -3.21. The second-order valence-electron chi connectivity index (χ2n) is 6.36. The van der Waals surface area contributed by atoms with Crippen LogP contribution in [0.3, 0.4) is 0 Å². The zero-order chi connectivity index (χ0) is 22.4. The number of primary sulfonamides is 1. The average molecular weight is 460 g/mol. The van der Waals surface area contributed by atoms with Crippen molar-refractivity contribution in [2.75, 3.05) is 16.4 Å². The Kier molecular flexibility index (Phi) is 7.06. The Morgan fingerprint density at radius 1 is 0.871 bits per heavy atom. The minimum Gasteiger partial charge on any atom is -0.325 e. The van der Waals surface area contributed by atoms with Crippen LogP contribution in [0.4, 0.5) is 15.8 Å². The molecule has 0 aliphatic rings. The van der Waals surface area contributed by atoms with Gasteiger partial charge in [-0.15, -0.1) is 11.8 Å². The fraction of sp³-hybridized carbons (Fsp3) is 0.0476. The summed E-state index contributed by atoms with van der Waals surface area (Å²) in [5, 5.41) is 10.3. The molecule has 10 heteroatoms. The van der Waals surface area contributed by atoms with E-state index in [-0.39, 0.29) is 22.1 Å². The van der Waals surface area contributed by atoms with E-state index in [0.717, 1.165) is 4.90 Å². The van der Waals surface area contributed by atoms with Gasteiger partial charge >= 0.3 is 0 Å². The smallest absolute Gasteiger partial charge is 0.258 e. The highest BCUT2D eigenvalue weighted by molar-refractivity contribution is 8.00. The van der Waals surface area contributed by atoms with E-state index in [1.54, 1.807) is 30.3 Å². The van der Waals surface area contributed by atoms with Gasteiger partial charge in [0.15, 0.2) is 0 Å². The number of nitrogens with one attached hydrogen (secondary N) is 2. The largest absolute Gasteiger partial charge is 0.325 e. The monoisotopic (exact) mass is 459 g/mol.